The number of aryl methyl sites for hydroxylation is 2. The molecular formula is C11H14N4S. The second-order valence-electron chi connectivity index (χ2n) is 3.71. The third kappa shape index (κ3) is 2.04. The van der Waals surface area contributed by atoms with Gasteiger partial charge in [0.15, 0.2) is 5.16 Å². The van der Waals surface area contributed by atoms with Crippen molar-refractivity contribution in [2.75, 3.05) is 5.73 Å². The van der Waals surface area contributed by atoms with Crippen LogP contribution in [0, 0.1) is 13.8 Å². The molecule has 0 radical (unpaired) electrons. The fourth-order valence-electron chi connectivity index (χ4n) is 1.26. The summed E-state index contributed by atoms with van der Waals surface area (Å²) in [6, 6.07) is 6.02. The molecule has 0 atom stereocenters. The van der Waals surface area contributed by atoms with Crippen LogP contribution in [0.4, 0.5) is 5.69 Å². The quantitative estimate of drug-likeness (QED) is 0.809. The van der Waals surface area contributed by atoms with Crippen LogP contribution in [0.1, 0.15) is 11.4 Å². The monoisotopic (exact) mass is 234 g/mol. The zero-order valence-corrected chi connectivity index (χ0v) is 10.4. The molecule has 2 aromatic rings. The minimum Gasteiger partial charge on any atom is -0.398 e. The summed E-state index contributed by atoms with van der Waals surface area (Å²) in [5.41, 5.74) is 7.77. The minimum atomic E-state index is 0.809. The summed E-state index contributed by atoms with van der Waals surface area (Å²) in [4.78, 5) is 1.08. The van der Waals surface area contributed by atoms with E-state index in [2.05, 4.69) is 10.2 Å². The summed E-state index contributed by atoms with van der Waals surface area (Å²) in [6.45, 7) is 3.93. The van der Waals surface area contributed by atoms with Crippen molar-refractivity contribution in [2.45, 2.75) is 23.9 Å². The smallest absolute Gasteiger partial charge is 0.195 e. The molecule has 0 unspecified atom stereocenters. The molecule has 0 aliphatic carbocycles. The van der Waals surface area contributed by atoms with E-state index in [-0.39, 0.29) is 0 Å². The van der Waals surface area contributed by atoms with Gasteiger partial charge in [0.05, 0.1) is 0 Å². The predicted octanol–water partition coefficient (Wildman–Crippen LogP) is 2.17. The van der Waals surface area contributed by atoms with Crippen molar-refractivity contribution in [3.63, 3.8) is 0 Å². The molecule has 4 nitrogen and oxygen atoms in total. The molecule has 2 N–H and O–H groups in total. The van der Waals surface area contributed by atoms with E-state index in [4.69, 9.17) is 5.73 Å². The van der Waals surface area contributed by atoms with Crippen LogP contribution in [0.3, 0.4) is 0 Å². The summed E-state index contributed by atoms with van der Waals surface area (Å²) in [7, 11) is 1.95. The number of hydrogen-bond acceptors (Lipinski definition) is 4. The highest BCUT2D eigenvalue weighted by Gasteiger charge is 2.07. The largest absolute Gasteiger partial charge is 0.398 e. The molecule has 1 aromatic carbocycles. The summed E-state index contributed by atoms with van der Waals surface area (Å²) in [5, 5.41) is 8.99. The Labute approximate surface area is 98.9 Å². The average molecular weight is 234 g/mol. The van der Waals surface area contributed by atoms with E-state index in [1.165, 1.54) is 0 Å². The summed E-state index contributed by atoms with van der Waals surface area (Å²) in [6.07, 6.45) is 0. The van der Waals surface area contributed by atoms with Crippen LogP contribution in [0.15, 0.2) is 28.3 Å². The first-order valence-electron chi connectivity index (χ1n) is 4.98. The standard InChI is InChI=1S/C11H14N4S/c1-7-4-5-9(6-10(7)12)16-11-14-13-8(2)15(11)3/h4-6H,12H2,1-3H3. The molecule has 5 heteroatoms. The number of aromatic nitrogens is 3. The Hall–Kier alpha value is -1.49. The minimum absolute atomic E-state index is 0.809. The van der Waals surface area contributed by atoms with Gasteiger partial charge < -0.3 is 10.3 Å². The van der Waals surface area contributed by atoms with E-state index in [9.17, 15) is 0 Å². The molecular weight excluding hydrogens is 220 g/mol. The highest BCUT2D eigenvalue weighted by Crippen LogP contribution is 2.28. The van der Waals surface area contributed by atoms with Crippen molar-refractivity contribution in [1.29, 1.82) is 0 Å². The Kier molecular flexibility index (Phi) is 2.87. The first kappa shape index (κ1) is 11.0. The summed E-state index contributed by atoms with van der Waals surface area (Å²) in [5.74, 6) is 0.905. The van der Waals surface area contributed by atoms with Gasteiger partial charge in [0, 0.05) is 17.6 Å². The van der Waals surface area contributed by atoms with Gasteiger partial charge in [-0.25, -0.2) is 0 Å². The zero-order chi connectivity index (χ0) is 11.7. The molecule has 0 aliphatic heterocycles. The van der Waals surface area contributed by atoms with Crippen LogP contribution in [0.2, 0.25) is 0 Å². The lowest BCUT2D eigenvalue weighted by molar-refractivity contribution is 0.765. The number of benzene rings is 1. The molecule has 0 spiro atoms. The molecule has 1 heterocycles. The average Bonchev–Trinajstić information content (AvgIpc) is 2.55. The highest BCUT2D eigenvalue weighted by molar-refractivity contribution is 7.99. The van der Waals surface area contributed by atoms with Gasteiger partial charge in [-0.2, -0.15) is 0 Å². The van der Waals surface area contributed by atoms with E-state index in [0.717, 1.165) is 27.1 Å². The SMILES string of the molecule is Cc1ccc(Sc2nnc(C)n2C)cc1N. The van der Waals surface area contributed by atoms with Crippen molar-refractivity contribution >= 4 is 17.4 Å². The van der Waals surface area contributed by atoms with Gasteiger partial charge in [-0.05, 0) is 43.3 Å². The number of nitrogens with zero attached hydrogens (tertiary/aromatic N) is 3. The Morgan fingerprint density at radius 1 is 1.25 bits per heavy atom. The number of anilines is 1. The van der Waals surface area contributed by atoms with Gasteiger partial charge in [-0.15, -0.1) is 10.2 Å². The van der Waals surface area contributed by atoms with Crippen molar-refractivity contribution in [1.82, 2.24) is 14.8 Å². The van der Waals surface area contributed by atoms with Crippen LogP contribution < -0.4 is 5.73 Å². The highest BCUT2D eigenvalue weighted by atomic mass is 32.2. The Morgan fingerprint density at radius 2 is 2.00 bits per heavy atom. The molecule has 84 valence electrons. The van der Waals surface area contributed by atoms with Crippen molar-refractivity contribution < 1.29 is 0 Å². The molecule has 16 heavy (non-hydrogen) atoms. The van der Waals surface area contributed by atoms with Gasteiger partial charge in [-0.1, -0.05) is 6.07 Å². The topological polar surface area (TPSA) is 56.7 Å². The molecule has 0 fully saturated rings. The van der Waals surface area contributed by atoms with Crippen molar-refractivity contribution in [2.24, 2.45) is 7.05 Å². The molecule has 0 saturated heterocycles. The lowest BCUT2D eigenvalue weighted by atomic mass is 10.2. The van der Waals surface area contributed by atoms with E-state index in [0.29, 0.717) is 0 Å². The summed E-state index contributed by atoms with van der Waals surface area (Å²) < 4.78 is 1.96. The van der Waals surface area contributed by atoms with Crippen LogP contribution in [0.5, 0.6) is 0 Å². The lowest BCUT2D eigenvalue weighted by Crippen LogP contribution is -1.94. The van der Waals surface area contributed by atoms with Gasteiger partial charge in [0.1, 0.15) is 5.82 Å². The molecule has 0 saturated carbocycles. The Bertz CT molecular complexity index is 519. The Balaban J connectivity index is 2.27. The van der Waals surface area contributed by atoms with Crippen LogP contribution in [0.25, 0.3) is 0 Å². The fourth-order valence-corrected chi connectivity index (χ4v) is 2.15. The fraction of sp³-hybridized carbons (Fsp3) is 0.273. The maximum absolute atomic E-state index is 5.86. The molecule has 0 aliphatic rings. The maximum Gasteiger partial charge on any atom is 0.195 e. The molecule has 2 rings (SSSR count). The van der Waals surface area contributed by atoms with Crippen LogP contribution >= 0.6 is 11.8 Å². The Morgan fingerprint density at radius 3 is 2.56 bits per heavy atom. The van der Waals surface area contributed by atoms with E-state index >= 15 is 0 Å². The predicted molar refractivity (Wildman–Crippen MR) is 65.5 cm³/mol. The van der Waals surface area contributed by atoms with Crippen LogP contribution in [-0.4, -0.2) is 14.8 Å². The van der Waals surface area contributed by atoms with Gasteiger partial charge in [0.25, 0.3) is 0 Å². The van der Waals surface area contributed by atoms with Gasteiger partial charge in [0.2, 0.25) is 0 Å². The first-order chi connectivity index (χ1) is 7.58. The van der Waals surface area contributed by atoms with Crippen LogP contribution in [-0.2, 0) is 7.05 Å². The maximum atomic E-state index is 5.86. The number of rotatable bonds is 2. The zero-order valence-electron chi connectivity index (χ0n) is 9.56. The van der Waals surface area contributed by atoms with Crippen molar-refractivity contribution in [3.8, 4) is 0 Å². The third-order valence-corrected chi connectivity index (χ3v) is 3.54. The number of hydrogen-bond donors (Lipinski definition) is 1. The van der Waals surface area contributed by atoms with E-state index in [1.807, 2.05) is 43.7 Å². The molecule has 0 bridgehead atoms. The second kappa shape index (κ2) is 4.17. The third-order valence-electron chi connectivity index (χ3n) is 2.51. The number of nitrogen functional groups attached to an aromatic ring is 1. The van der Waals surface area contributed by atoms with Gasteiger partial charge >= 0.3 is 0 Å². The molecule has 1 aromatic heterocycles. The summed E-state index contributed by atoms with van der Waals surface area (Å²) >= 11 is 1.57. The van der Waals surface area contributed by atoms with Gasteiger partial charge in [-0.3, -0.25) is 0 Å². The normalized spacial score (nSPS) is 10.7. The lowest BCUT2D eigenvalue weighted by Gasteiger charge is -2.04. The van der Waals surface area contributed by atoms with Crippen molar-refractivity contribution in [3.05, 3.63) is 29.6 Å². The second-order valence-corrected chi connectivity index (χ2v) is 4.75. The van der Waals surface area contributed by atoms with E-state index in [1.54, 1.807) is 11.8 Å². The molecule has 0 amide bonds. The first-order valence-corrected chi connectivity index (χ1v) is 5.79. The number of nitrogens with two attached hydrogens (primary N) is 1. The van der Waals surface area contributed by atoms with E-state index < -0.39 is 0 Å².